The van der Waals surface area contributed by atoms with Crippen LogP contribution in [0.25, 0.3) is 0 Å². The van der Waals surface area contributed by atoms with Gasteiger partial charge in [-0.05, 0) is 40.7 Å². The fourth-order valence-electron chi connectivity index (χ4n) is 1.10. The molecule has 1 heteroatoms. The highest BCUT2D eigenvalue weighted by Gasteiger charge is 2.08. The van der Waals surface area contributed by atoms with E-state index in [0.29, 0.717) is 0 Å². The molecule has 0 N–H and O–H groups in total. The topological polar surface area (TPSA) is 0 Å². The minimum Gasteiger partial charge on any atom is -0.131 e. The first-order valence-corrected chi connectivity index (χ1v) is 4.93. The summed E-state index contributed by atoms with van der Waals surface area (Å²) in [6.45, 7) is 10.1. The average molecular weight is 166 g/mol. The second-order valence-electron chi connectivity index (χ2n) is 2.67. The van der Waals surface area contributed by atoms with Gasteiger partial charge in [-0.2, -0.15) is 0 Å². The molecule has 0 nitrogen and oxygen atoms in total. The third kappa shape index (κ3) is 2.26. The minimum absolute atomic E-state index is 1.09. The molecule has 1 aliphatic carbocycles. The molecule has 0 aliphatic heterocycles. The lowest BCUT2D eigenvalue weighted by atomic mass is 9.98. The Bertz CT molecular complexity index is 211. The zero-order chi connectivity index (χ0) is 8.27. The van der Waals surface area contributed by atoms with Gasteiger partial charge in [0.15, 0.2) is 0 Å². The van der Waals surface area contributed by atoms with Crippen LogP contribution < -0.4 is 0 Å². The van der Waals surface area contributed by atoms with Crippen LogP contribution in [-0.2, 0) is 0 Å². The molecule has 0 atom stereocenters. The molecule has 1 rings (SSSR count). The first kappa shape index (κ1) is 8.66. The Morgan fingerprint density at radius 3 is 2.73 bits per heavy atom. The largest absolute Gasteiger partial charge is 0.131 e. The molecule has 0 aromatic rings. The van der Waals surface area contributed by atoms with Crippen molar-refractivity contribution < 1.29 is 0 Å². The van der Waals surface area contributed by atoms with Crippen LogP contribution in [-0.4, -0.2) is 5.75 Å². The maximum Gasteiger partial charge on any atom is -0.00517 e. The molecule has 11 heavy (non-hydrogen) atoms. The standard InChI is InChI=1S/C10H14S/c1-4-11-10-6-5-8(2)9(3)7-10/h7H,2-6H2,1H3. The van der Waals surface area contributed by atoms with Crippen molar-refractivity contribution in [3.8, 4) is 0 Å². The summed E-state index contributed by atoms with van der Waals surface area (Å²) in [6, 6.07) is 0. The van der Waals surface area contributed by atoms with Gasteiger partial charge in [0.1, 0.15) is 0 Å². The molecule has 0 aromatic heterocycles. The van der Waals surface area contributed by atoms with Crippen LogP contribution >= 0.6 is 11.8 Å². The Morgan fingerprint density at radius 1 is 1.45 bits per heavy atom. The fourth-order valence-corrected chi connectivity index (χ4v) is 1.95. The maximum atomic E-state index is 3.94. The number of rotatable bonds is 2. The lowest BCUT2D eigenvalue weighted by molar-refractivity contribution is 0.961. The van der Waals surface area contributed by atoms with E-state index in [1.807, 2.05) is 11.8 Å². The maximum absolute atomic E-state index is 3.94. The Hall–Kier alpha value is -0.430. The summed E-state index contributed by atoms with van der Waals surface area (Å²) in [5.41, 5.74) is 2.32. The monoisotopic (exact) mass is 166 g/mol. The number of thioether (sulfide) groups is 1. The van der Waals surface area contributed by atoms with E-state index in [4.69, 9.17) is 0 Å². The Balaban J connectivity index is 2.63. The van der Waals surface area contributed by atoms with Crippen LogP contribution in [0.1, 0.15) is 19.8 Å². The molecule has 0 bridgehead atoms. The molecular formula is C10H14S. The van der Waals surface area contributed by atoms with Crippen molar-refractivity contribution in [3.63, 3.8) is 0 Å². The van der Waals surface area contributed by atoms with Gasteiger partial charge in [0.25, 0.3) is 0 Å². The molecule has 0 spiro atoms. The summed E-state index contributed by atoms with van der Waals surface area (Å²) in [6.07, 6.45) is 4.42. The summed E-state index contributed by atoms with van der Waals surface area (Å²) in [5, 5.41) is 0. The zero-order valence-corrected chi connectivity index (χ0v) is 7.84. The predicted octanol–water partition coefficient (Wildman–Crippen LogP) is 3.53. The van der Waals surface area contributed by atoms with Crippen LogP contribution in [0.4, 0.5) is 0 Å². The number of allylic oxidation sites excluding steroid dienone is 4. The summed E-state index contributed by atoms with van der Waals surface area (Å²) in [7, 11) is 0. The van der Waals surface area contributed by atoms with E-state index in [1.54, 1.807) is 0 Å². The lowest BCUT2D eigenvalue weighted by Gasteiger charge is -2.15. The van der Waals surface area contributed by atoms with Gasteiger partial charge in [-0.1, -0.05) is 20.1 Å². The van der Waals surface area contributed by atoms with E-state index in [-0.39, 0.29) is 0 Å². The zero-order valence-electron chi connectivity index (χ0n) is 7.02. The molecule has 0 heterocycles. The molecule has 0 unspecified atom stereocenters. The van der Waals surface area contributed by atoms with Crippen molar-refractivity contribution in [2.75, 3.05) is 5.75 Å². The SMILES string of the molecule is C=C1C=C(SCC)CCC1=C. The van der Waals surface area contributed by atoms with Gasteiger partial charge in [-0.3, -0.25) is 0 Å². The van der Waals surface area contributed by atoms with Crippen molar-refractivity contribution in [1.29, 1.82) is 0 Å². The van der Waals surface area contributed by atoms with E-state index < -0.39 is 0 Å². The van der Waals surface area contributed by atoms with Gasteiger partial charge in [0.2, 0.25) is 0 Å². The lowest BCUT2D eigenvalue weighted by Crippen LogP contribution is -1.94. The van der Waals surface area contributed by atoms with E-state index in [2.05, 4.69) is 26.2 Å². The number of hydrogen-bond acceptors (Lipinski definition) is 1. The second-order valence-corrected chi connectivity index (χ2v) is 4.06. The van der Waals surface area contributed by atoms with E-state index in [9.17, 15) is 0 Å². The third-order valence-electron chi connectivity index (χ3n) is 1.79. The minimum atomic E-state index is 1.09. The molecular weight excluding hydrogens is 152 g/mol. The van der Waals surface area contributed by atoms with E-state index >= 15 is 0 Å². The summed E-state index contributed by atoms with van der Waals surface area (Å²) in [5.74, 6) is 1.16. The molecule has 0 radical (unpaired) electrons. The van der Waals surface area contributed by atoms with Gasteiger partial charge in [-0.15, -0.1) is 11.8 Å². The summed E-state index contributed by atoms with van der Waals surface area (Å²) in [4.78, 5) is 1.46. The van der Waals surface area contributed by atoms with Crippen molar-refractivity contribution in [2.45, 2.75) is 19.8 Å². The molecule has 0 saturated heterocycles. The Labute approximate surface area is 73.1 Å². The highest BCUT2D eigenvalue weighted by atomic mass is 32.2. The quantitative estimate of drug-likeness (QED) is 0.604. The average Bonchev–Trinajstić information content (AvgIpc) is 1.98. The van der Waals surface area contributed by atoms with Gasteiger partial charge >= 0.3 is 0 Å². The Morgan fingerprint density at radius 2 is 2.18 bits per heavy atom. The molecule has 0 fully saturated rings. The van der Waals surface area contributed by atoms with Crippen molar-refractivity contribution in [2.24, 2.45) is 0 Å². The van der Waals surface area contributed by atoms with Crippen LogP contribution in [0.3, 0.4) is 0 Å². The predicted molar refractivity (Wildman–Crippen MR) is 53.7 cm³/mol. The fraction of sp³-hybridized carbons (Fsp3) is 0.400. The third-order valence-corrected chi connectivity index (χ3v) is 2.77. The van der Waals surface area contributed by atoms with Crippen molar-refractivity contribution in [1.82, 2.24) is 0 Å². The highest BCUT2D eigenvalue weighted by molar-refractivity contribution is 8.03. The summed E-state index contributed by atoms with van der Waals surface area (Å²) >= 11 is 1.92. The van der Waals surface area contributed by atoms with Crippen molar-refractivity contribution >= 4 is 11.8 Å². The molecule has 60 valence electrons. The Kier molecular flexibility index (Phi) is 3.01. The first-order valence-electron chi connectivity index (χ1n) is 3.94. The van der Waals surface area contributed by atoms with Crippen molar-refractivity contribution in [3.05, 3.63) is 35.3 Å². The van der Waals surface area contributed by atoms with Gasteiger partial charge in [0.05, 0.1) is 0 Å². The summed E-state index contributed by atoms with van der Waals surface area (Å²) < 4.78 is 0. The normalized spacial score (nSPS) is 18.5. The smallest absolute Gasteiger partial charge is 0.00517 e. The van der Waals surface area contributed by atoms with Gasteiger partial charge < -0.3 is 0 Å². The van der Waals surface area contributed by atoms with Crippen LogP contribution in [0.15, 0.2) is 35.3 Å². The number of hydrogen-bond donors (Lipinski definition) is 0. The van der Waals surface area contributed by atoms with E-state index in [1.165, 1.54) is 10.5 Å². The highest BCUT2D eigenvalue weighted by Crippen LogP contribution is 2.31. The molecule has 1 aliphatic rings. The van der Waals surface area contributed by atoms with Gasteiger partial charge in [-0.25, -0.2) is 0 Å². The van der Waals surface area contributed by atoms with Crippen LogP contribution in [0, 0.1) is 0 Å². The first-order chi connectivity index (χ1) is 5.24. The van der Waals surface area contributed by atoms with Crippen LogP contribution in [0.5, 0.6) is 0 Å². The molecule has 0 saturated carbocycles. The van der Waals surface area contributed by atoms with E-state index in [0.717, 1.165) is 24.2 Å². The molecule has 0 amide bonds. The van der Waals surface area contributed by atoms with Crippen LogP contribution in [0.2, 0.25) is 0 Å². The second kappa shape index (κ2) is 3.82. The van der Waals surface area contributed by atoms with Gasteiger partial charge in [0, 0.05) is 0 Å². The molecule has 0 aromatic carbocycles.